The SMILES string of the molecule is CCCCC(=O)Oc1cn2ccc3c(c2n1)NCCC3. The van der Waals surface area contributed by atoms with E-state index >= 15 is 0 Å². The third-order valence-electron chi connectivity index (χ3n) is 3.57. The lowest BCUT2D eigenvalue weighted by molar-refractivity contribution is -0.134. The smallest absolute Gasteiger partial charge is 0.312 e. The van der Waals surface area contributed by atoms with Crippen LogP contribution in [0.2, 0.25) is 0 Å². The number of nitrogens with zero attached hydrogens (tertiary/aromatic N) is 2. The second kappa shape index (κ2) is 5.53. The van der Waals surface area contributed by atoms with E-state index in [1.54, 1.807) is 6.20 Å². The molecule has 0 atom stereocenters. The molecular weight excluding hydrogens is 254 g/mol. The van der Waals surface area contributed by atoms with Gasteiger partial charge >= 0.3 is 5.97 Å². The van der Waals surface area contributed by atoms with Gasteiger partial charge in [-0.2, -0.15) is 4.98 Å². The zero-order valence-electron chi connectivity index (χ0n) is 11.7. The van der Waals surface area contributed by atoms with Crippen molar-refractivity contribution < 1.29 is 9.53 Å². The minimum Gasteiger partial charge on any atom is -0.406 e. The monoisotopic (exact) mass is 273 g/mol. The molecule has 1 N–H and O–H groups in total. The lowest BCUT2D eigenvalue weighted by Gasteiger charge is -2.17. The van der Waals surface area contributed by atoms with Crippen LogP contribution in [0.3, 0.4) is 0 Å². The molecule has 5 heteroatoms. The fourth-order valence-electron chi connectivity index (χ4n) is 2.50. The van der Waals surface area contributed by atoms with Gasteiger partial charge in [-0.05, 0) is 30.9 Å². The van der Waals surface area contributed by atoms with Crippen LogP contribution < -0.4 is 10.1 Å². The third kappa shape index (κ3) is 2.48. The zero-order chi connectivity index (χ0) is 13.9. The van der Waals surface area contributed by atoms with Crippen LogP contribution in [0, 0.1) is 0 Å². The molecule has 0 saturated heterocycles. The van der Waals surface area contributed by atoms with Gasteiger partial charge in [0.1, 0.15) is 0 Å². The number of unbranched alkanes of at least 4 members (excludes halogenated alkanes) is 1. The number of fused-ring (bicyclic) bond motifs is 3. The van der Waals surface area contributed by atoms with Crippen LogP contribution in [0.4, 0.5) is 5.69 Å². The van der Waals surface area contributed by atoms with Crippen LogP contribution in [0.25, 0.3) is 5.65 Å². The van der Waals surface area contributed by atoms with Crippen molar-refractivity contribution in [2.45, 2.75) is 39.0 Å². The van der Waals surface area contributed by atoms with Crippen molar-refractivity contribution in [3.05, 3.63) is 24.0 Å². The fraction of sp³-hybridized carbons (Fsp3) is 0.467. The van der Waals surface area contributed by atoms with Crippen molar-refractivity contribution in [2.24, 2.45) is 0 Å². The minimum absolute atomic E-state index is 0.211. The van der Waals surface area contributed by atoms with Crippen LogP contribution in [-0.4, -0.2) is 21.9 Å². The summed E-state index contributed by atoms with van der Waals surface area (Å²) < 4.78 is 7.20. The standard InChI is InChI=1S/C15H19N3O2/c1-2-3-6-13(19)20-12-10-18-9-7-11-5-4-8-16-14(11)15(18)17-12/h7,9-10,16H,2-6,8H2,1H3. The largest absolute Gasteiger partial charge is 0.406 e. The molecule has 2 aromatic heterocycles. The molecule has 0 aliphatic carbocycles. The first kappa shape index (κ1) is 13.0. The van der Waals surface area contributed by atoms with Gasteiger partial charge in [-0.15, -0.1) is 0 Å². The number of hydrogen-bond acceptors (Lipinski definition) is 4. The predicted octanol–water partition coefficient (Wildman–Crippen LogP) is 2.79. The van der Waals surface area contributed by atoms with E-state index in [0.29, 0.717) is 12.3 Å². The second-order valence-electron chi connectivity index (χ2n) is 5.13. The number of anilines is 1. The number of hydrogen-bond donors (Lipinski definition) is 1. The summed E-state index contributed by atoms with van der Waals surface area (Å²) in [5, 5.41) is 3.38. The average Bonchev–Trinajstić information content (AvgIpc) is 2.88. The molecule has 0 saturated carbocycles. The van der Waals surface area contributed by atoms with Crippen molar-refractivity contribution in [2.75, 3.05) is 11.9 Å². The maximum Gasteiger partial charge on any atom is 0.312 e. The summed E-state index contributed by atoms with van der Waals surface area (Å²) in [6, 6.07) is 2.10. The number of carbonyl (C=O) groups excluding carboxylic acids is 1. The number of pyridine rings is 1. The molecule has 0 radical (unpaired) electrons. The highest BCUT2D eigenvalue weighted by atomic mass is 16.5. The normalized spacial score (nSPS) is 13.8. The summed E-state index contributed by atoms with van der Waals surface area (Å²) in [5.74, 6) is 0.170. The van der Waals surface area contributed by atoms with E-state index in [1.807, 2.05) is 10.6 Å². The number of imidazole rings is 1. The van der Waals surface area contributed by atoms with Gasteiger partial charge < -0.3 is 14.5 Å². The molecule has 3 rings (SSSR count). The Labute approximate surface area is 118 Å². The van der Waals surface area contributed by atoms with E-state index in [9.17, 15) is 4.79 Å². The quantitative estimate of drug-likeness (QED) is 0.870. The molecule has 0 fully saturated rings. The summed E-state index contributed by atoms with van der Waals surface area (Å²) in [5.41, 5.74) is 3.17. The van der Waals surface area contributed by atoms with Crippen LogP contribution in [0.5, 0.6) is 5.88 Å². The van der Waals surface area contributed by atoms with Crippen molar-refractivity contribution in [3.63, 3.8) is 0 Å². The number of aryl methyl sites for hydroxylation is 1. The molecule has 0 spiro atoms. The molecule has 3 heterocycles. The number of esters is 1. The van der Waals surface area contributed by atoms with Gasteiger partial charge in [0.2, 0.25) is 5.88 Å². The molecular formula is C15H19N3O2. The average molecular weight is 273 g/mol. The van der Waals surface area contributed by atoms with E-state index in [-0.39, 0.29) is 5.97 Å². The summed E-state index contributed by atoms with van der Waals surface area (Å²) in [6.07, 6.45) is 8.22. The van der Waals surface area contributed by atoms with Gasteiger partial charge in [0.25, 0.3) is 0 Å². The molecule has 106 valence electrons. The first-order chi connectivity index (χ1) is 9.78. The Morgan fingerprint density at radius 1 is 1.55 bits per heavy atom. The Balaban J connectivity index is 1.85. The predicted molar refractivity (Wildman–Crippen MR) is 77.2 cm³/mol. The molecule has 20 heavy (non-hydrogen) atoms. The van der Waals surface area contributed by atoms with Crippen LogP contribution in [-0.2, 0) is 11.2 Å². The van der Waals surface area contributed by atoms with E-state index in [1.165, 1.54) is 5.56 Å². The summed E-state index contributed by atoms with van der Waals surface area (Å²) in [7, 11) is 0. The van der Waals surface area contributed by atoms with Crippen molar-refractivity contribution in [1.82, 2.24) is 9.38 Å². The molecule has 1 aliphatic heterocycles. The van der Waals surface area contributed by atoms with Gasteiger partial charge in [0.15, 0.2) is 5.65 Å². The van der Waals surface area contributed by atoms with Gasteiger partial charge in [-0.1, -0.05) is 13.3 Å². The Bertz CT molecular complexity index is 633. The topological polar surface area (TPSA) is 55.6 Å². The summed E-state index contributed by atoms with van der Waals surface area (Å²) in [6.45, 7) is 3.02. The molecule has 5 nitrogen and oxygen atoms in total. The van der Waals surface area contributed by atoms with Crippen molar-refractivity contribution >= 4 is 17.3 Å². The van der Waals surface area contributed by atoms with Crippen molar-refractivity contribution in [1.29, 1.82) is 0 Å². The Hall–Kier alpha value is -2.04. The Kier molecular flexibility index (Phi) is 3.58. The van der Waals surface area contributed by atoms with Gasteiger partial charge in [0, 0.05) is 19.2 Å². The van der Waals surface area contributed by atoms with Gasteiger partial charge in [-0.3, -0.25) is 4.79 Å². The number of rotatable bonds is 4. The van der Waals surface area contributed by atoms with E-state index in [2.05, 4.69) is 23.3 Å². The molecule has 2 aromatic rings. The van der Waals surface area contributed by atoms with E-state index < -0.39 is 0 Å². The van der Waals surface area contributed by atoms with Gasteiger partial charge in [-0.25, -0.2) is 0 Å². The van der Waals surface area contributed by atoms with Crippen molar-refractivity contribution in [3.8, 4) is 5.88 Å². The van der Waals surface area contributed by atoms with E-state index in [0.717, 1.165) is 43.6 Å². The maximum absolute atomic E-state index is 11.6. The molecule has 0 aromatic carbocycles. The van der Waals surface area contributed by atoms with Crippen LogP contribution in [0.1, 0.15) is 38.2 Å². The highest BCUT2D eigenvalue weighted by molar-refractivity contribution is 5.75. The summed E-state index contributed by atoms with van der Waals surface area (Å²) >= 11 is 0. The van der Waals surface area contributed by atoms with Crippen LogP contribution >= 0.6 is 0 Å². The Morgan fingerprint density at radius 3 is 3.30 bits per heavy atom. The number of ether oxygens (including phenoxy) is 1. The number of carbonyl (C=O) groups is 1. The van der Waals surface area contributed by atoms with E-state index in [4.69, 9.17) is 4.74 Å². The Morgan fingerprint density at radius 2 is 2.45 bits per heavy atom. The number of aromatic nitrogens is 2. The zero-order valence-corrected chi connectivity index (χ0v) is 11.7. The third-order valence-corrected chi connectivity index (χ3v) is 3.57. The number of nitrogens with one attached hydrogen (secondary N) is 1. The lowest BCUT2D eigenvalue weighted by Crippen LogP contribution is -2.13. The molecule has 1 aliphatic rings. The first-order valence-corrected chi connectivity index (χ1v) is 7.23. The highest BCUT2D eigenvalue weighted by Gasteiger charge is 2.16. The summed E-state index contributed by atoms with van der Waals surface area (Å²) in [4.78, 5) is 16.1. The fourth-order valence-corrected chi connectivity index (χ4v) is 2.50. The minimum atomic E-state index is -0.211. The molecule has 0 unspecified atom stereocenters. The highest BCUT2D eigenvalue weighted by Crippen LogP contribution is 2.28. The molecule has 0 amide bonds. The maximum atomic E-state index is 11.6. The van der Waals surface area contributed by atoms with Crippen LogP contribution in [0.15, 0.2) is 18.5 Å². The second-order valence-corrected chi connectivity index (χ2v) is 5.13. The first-order valence-electron chi connectivity index (χ1n) is 7.23. The molecule has 0 bridgehead atoms. The van der Waals surface area contributed by atoms with Gasteiger partial charge in [0.05, 0.1) is 11.9 Å². The lowest BCUT2D eigenvalue weighted by atomic mass is 10.1.